The highest BCUT2D eigenvalue weighted by Gasteiger charge is 2.39. The van der Waals surface area contributed by atoms with Gasteiger partial charge in [-0.15, -0.1) is 0 Å². The third kappa shape index (κ3) is 5.13. The molecule has 0 radical (unpaired) electrons. The first kappa shape index (κ1) is 25.0. The van der Waals surface area contributed by atoms with Crippen LogP contribution in [0.15, 0.2) is 47.5 Å². The van der Waals surface area contributed by atoms with E-state index in [-0.39, 0.29) is 34.3 Å². The largest absolute Gasteiger partial charge is 0.480 e. The first-order chi connectivity index (χ1) is 16.2. The number of aromatic nitrogens is 2. The van der Waals surface area contributed by atoms with Gasteiger partial charge in [0.05, 0.1) is 33.4 Å². The minimum atomic E-state index is -4.69. The molecule has 0 saturated carbocycles. The number of halogens is 5. The summed E-state index contributed by atoms with van der Waals surface area (Å²) in [5.74, 6) is -1.68. The van der Waals surface area contributed by atoms with Gasteiger partial charge < -0.3 is 9.64 Å². The maximum Gasteiger partial charge on any atom is 0.425 e. The van der Waals surface area contributed by atoms with Gasteiger partial charge in [0.2, 0.25) is 0 Å². The maximum absolute atomic E-state index is 13.4. The molecule has 0 saturated heterocycles. The highest BCUT2D eigenvalue weighted by Crippen LogP contribution is 2.32. The molecule has 0 bridgehead atoms. The Bertz CT molecular complexity index is 1400. The maximum atomic E-state index is 13.4. The first-order valence-corrected chi connectivity index (χ1v) is 12.4. The fraction of sp³-hybridized carbons (Fsp3) is 0.273. The van der Waals surface area contributed by atoms with Crippen molar-refractivity contribution in [3.05, 3.63) is 70.3 Å². The molecule has 1 aromatic heterocycles. The van der Waals surface area contributed by atoms with E-state index < -0.39 is 33.8 Å². The van der Waals surface area contributed by atoms with Crippen LogP contribution < -0.4 is 4.74 Å². The number of hydrogen-bond donors (Lipinski definition) is 0. The van der Waals surface area contributed by atoms with Crippen LogP contribution in [-0.4, -0.2) is 47.5 Å². The molecule has 35 heavy (non-hydrogen) atoms. The molecule has 1 aliphatic heterocycles. The molecule has 0 N–H and O–H groups in total. The van der Waals surface area contributed by atoms with E-state index in [1.54, 1.807) is 6.20 Å². The van der Waals surface area contributed by atoms with Crippen molar-refractivity contribution >= 4 is 27.3 Å². The van der Waals surface area contributed by atoms with E-state index in [0.717, 1.165) is 31.4 Å². The second-order valence-corrected chi connectivity index (χ2v) is 10.5. The summed E-state index contributed by atoms with van der Waals surface area (Å²) in [6.07, 6.45) is -4.36. The molecule has 1 aliphatic rings. The van der Waals surface area contributed by atoms with Crippen LogP contribution in [0.1, 0.15) is 28.5 Å². The Balaban J connectivity index is 1.62. The Morgan fingerprint density at radius 1 is 1.17 bits per heavy atom. The van der Waals surface area contributed by atoms with Crippen LogP contribution in [0.5, 0.6) is 5.75 Å². The summed E-state index contributed by atoms with van der Waals surface area (Å²) in [6.45, 7) is 0.878. The van der Waals surface area contributed by atoms with Crippen molar-refractivity contribution in [2.24, 2.45) is 0 Å². The number of nitrogens with zero attached hydrogens (tertiary/aromatic N) is 3. The summed E-state index contributed by atoms with van der Waals surface area (Å²) in [5.41, 5.74) is 1.36. The molecular weight excluding hydrogens is 514 g/mol. The van der Waals surface area contributed by atoms with Crippen LogP contribution in [0.3, 0.4) is 0 Å². The number of ether oxygens (including phenoxy) is 1. The Kier molecular flexibility index (Phi) is 6.30. The number of carbonyl (C=O) groups excluding carboxylic acids is 1. The highest BCUT2D eigenvalue weighted by molar-refractivity contribution is 7.90. The normalized spacial score (nSPS) is 14.7. The van der Waals surface area contributed by atoms with Gasteiger partial charge in [-0.05, 0) is 43.3 Å². The van der Waals surface area contributed by atoms with E-state index in [4.69, 9.17) is 16.3 Å². The molecule has 4 rings (SSSR count). The average molecular weight is 532 g/mol. The molecule has 0 fully saturated rings. The molecule has 0 unspecified atom stereocenters. The van der Waals surface area contributed by atoms with Gasteiger partial charge in [0.15, 0.2) is 15.9 Å². The standard InChI is InChI=1S/C22H18ClF4N3O4S/c1-12(22(25,26)27)34-20-6-4-15(35(2,32)33)8-16(20)21(31)29-9-13-10-30(28-19(13)11-29)14-3-5-18(24)17(23)7-14/h3-8,10,12H,9,11H2,1-2H3/t12-/m0/s1. The Hall–Kier alpha value is -3.12. The topological polar surface area (TPSA) is 81.5 Å². The summed E-state index contributed by atoms with van der Waals surface area (Å²) < 4.78 is 83.0. The van der Waals surface area contributed by atoms with Gasteiger partial charge in [0.25, 0.3) is 5.91 Å². The van der Waals surface area contributed by atoms with Crippen LogP contribution in [0.2, 0.25) is 5.02 Å². The smallest absolute Gasteiger partial charge is 0.425 e. The number of rotatable bonds is 5. The van der Waals surface area contributed by atoms with Crippen LogP contribution in [0.4, 0.5) is 17.6 Å². The number of alkyl halides is 3. The fourth-order valence-electron chi connectivity index (χ4n) is 3.49. The summed E-state index contributed by atoms with van der Waals surface area (Å²) in [4.78, 5) is 14.3. The third-order valence-electron chi connectivity index (χ3n) is 5.41. The van der Waals surface area contributed by atoms with Gasteiger partial charge in [0.1, 0.15) is 11.6 Å². The Morgan fingerprint density at radius 3 is 2.49 bits per heavy atom. The number of hydrogen-bond acceptors (Lipinski definition) is 5. The second kappa shape index (κ2) is 8.83. The van der Waals surface area contributed by atoms with Crippen molar-refractivity contribution in [2.45, 2.75) is 37.2 Å². The predicted octanol–water partition coefficient (Wildman–Crippen LogP) is 4.55. The quantitative estimate of drug-likeness (QED) is 0.451. The Morgan fingerprint density at radius 2 is 1.89 bits per heavy atom. The van der Waals surface area contributed by atoms with Crippen molar-refractivity contribution in [1.82, 2.24) is 14.7 Å². The zero-order valence-corrected chi connectivity index (χ0v) is 19.9. The van der Waals surface area contributed by atoms with Crippen LogP contribution in [0, 0.1) is 5.82 Å². The predicted molar refractivity (Wildman–Crippen MR) is 118 cm³/mol. The summed E-state index contributed by atoms with van der Waals surface area (Å²) >= 11 is 5.82. The minimum Gasteiger partial charge on any atom is -0.480 e. The van der Waals surface area contributed by atoms with Crippen molar-refractivity contribution in [2.75, 3.05) is 6.26 Å². The van der Waals surface area contributed by atoms with E-state index >= 15 is 0 Å². The van der Waals surface area contributed by atoms with Crippen LogP contribution >= 0.6 is 11.6 Å². The molecule has 2 aromatic carbocycles. The van der Waals surface area contributed by atoms with Crippen LogP contribution in [-0.2, 0) is 22.9 Å². The van der Waals surface area contributed by atoms with Crippen LogP contribution in [0.25, 0.3) is 5.69 Å². The summed E-state index contributed by atoms with van der Waals surface area (Å²) in [6, 6.07) is 7.20. The van der Waals surface area contributed by atoms with E-state index in [2.05, 4.69) is 5.10 Å². The number of fused-ring (bicyclic) bond motifs is 1. The van der Waals surface area contributed by atoms with Gasteiger partial charge in [-0.25, -0.2) is 17.5 Å². The van der Waals surface area contributed by atoms with Crippen molar-refractivity contribution in [3.63, 3.8) is 0 Å². The number of benzene rings is 2. The highest BCUT2D eigenvalue weighted by atomic mass is 35.5. The molecule has 2 heterocycles. The number of carbonyl (C=O) groups is 1. The molecule has 13 heteroatoms. The zero-order chi connectivity index (χ0) is 25.7. The van der Waals surface area contributed by atoms with Gasteiger partial charge in [-0.3, -0.25) is 4.79 Å². The molecule has 1 amide bonds. The van der Waals surface area contributed by atoms with E-state index in [9.17, 15) is 30.8 Å². The average Bonchev–Trinajstić information content (AvgIpc) is 3.33. The van der Waals surface area contributed by atoms with Gasteiger partial charge in [-0.1, -0.05) is 11.6 Å². The molecule has 1 atom stereocenters. The summed E-state index contributed by atoms with van der Waals surface area (Å²) in [7, 11) is -3.74. The number of sulfone groups is 1. The molecule has 186 valence electrons. The third-order valence-corrected chi connectivity index (χ3v) is 6.81. The molecule has 0 spiro atoms. The van der Waals surface area contributed by atoms with Crippen molar-refractivity contribution < 1.29 is 35.5 Å². The van der Waals surface area contributed by atoms with E-state index in [1.165, 1.54) is 27.8 Å². The van der Waals surface area contributed by atoms with E-state index in [0.29, 0.717) is 16.9 Å². The Labute approximate surface area is 202 Å². The first-order valence-electron chi connectivity index (χ1n) is 10.1. The lowest BCUT2D eigenvalue weighted by molar-refractivity contribution is -0.189. The zero-order valence-electron chi connectivity index (χ0n) is 18.3. The lowest BCUT2D eigenvalue weighted by Crippen LogP contribution is -2.33. The molecule has 3 aromatic rings. The van der Waals surface area contributed by atoms with Gasteiger partial charge in [0, 0.05) is 24.6 Å². The van der Waals surface area contributed by atoms with E-state index in [1.807, 2.05) is 0 Å². The molecule has 0 aliphatic carbocycles. The van der Waals surface area contributed by atoms with Crippen molar-refractivity contribution in [1.29, 1.82) is 0 Å². The summed E-state index contributed by atoms with van der Waals surface area (Å²) in [5, 5.41) is 4.30. The van der Waals surface area contributed by atoms with Crippen molar-refractivity contribution in [3.8, 4) is 11.4 Å². The lowest BCUT2D eigenvalue weighted by Gasteiger charge is -2.22. The minimum absolute atomic E-state index is 0.0213. The fourth-order valence-corrected chi connectivity index (χ4v) is 4.32. The van der Waals surface area contributed by atoms with Gasteiger partial charge in [-0.2, -0.15) is 18.3 Å². The molecular formula is C22H18ClF4N3O4S. The SMILES string of the molecule is C[C@H](Oc1ccc(S(C)(=O)=O)cc1C(=O)N1Cc2cn(-c3ccc(F)c(Cl)c3)nc2C1)C(F)(F)F. The lowest BCUT2D eigenvalue weighted by atomic mass is 10.1. The number of amides is 1. The second-order valence-electron chi connectivity index (χ2n) is 8.04. The molecule has 7 nitrogen and oxygen atoms in total. The monoisotopic (exact) mass is 531 g/mol. The van der Waals surface area contributed by atoms with Gasteiger partial charge >= 0.3 is 6.18 Å².